The summed E-state index contributed by atoms with van der Waals surface area (Å²) in [7, 11) is 0. The van der Waals surface area contributed by atoms with Gasteiger partial charge in [0.05, 0.1) is 12.2 Å². The van der Waals surface area contributed by atoms with Gasteiger partial charge in [-0.15, -0.1) is 0 Å². The number of Topliss-reactive ketones (excluding diaryl/α,β-unsaturated/α-hetero) is 1. The lowest BCUT2D eigenvalue weighted by atomic mass is 9.44. The van der Waals surface area contributed by atoms with E-state index in [4.69, 9.17) is 9.47 Å². The molecule has 164 valence electrons. The molecule has 0 aromatic carbocycles. The average molecular weight is 424 g/mol. The number of hydrogen-bond donors (Lipinski definition) is 2. The predicted octanol–water partition coefficient (Wildman–Crippen LogP) is 1.59. The molecule has 1 saturated heterocycles. The first kappa shape index (κ1) is 20.4. The second-order valence-electron chi connectivity index (χ2n) is 9.83. The summed E-state index contributed by atoms with van der Waals surface area (Å²) < 4.78 is 43.8. The van der Waals surface area contributed by atoms with E-state index in [1.807, 2.05) is 0 Å². The van der Waals surface area contributed by atoms with Crippen LogP contribution < -0.4 is 0 Å². The predicted molar refractivity (Wildman–Crippen MR) is 99.7 cm³/mol. The van der Waals surface area contributed by atoms with Crippen LogP contribution in [0.3, 0.4) is 0 Å². The van der Waals surface area contributed by atoms with Crippen LogP contribution in [-0.4, -0.2) is 64.8 Å². The Bertz CT molecular complexity index is 887. The molecule has 2 N–H and O–H groups in total. The van der Waals surface area contributed by atoms with Gasteiger partial charge in [0.25, 0.3) is 0 Å². The number of alkyl halides is 2. The van der Waals surface area contributed by atoms with Crippen LogP contribution in [0, 0.1) is 22.7 Å². The molecular formula is C22H26F2O6. The molecule has 0 radical (unpaired) electrons. The molecule has 0 aromatic heterocycles. The average Bonchev–Trinajstić information content (AvgIpc) is 3.23. The topological polar surface area (TPSA) is 93.1 Å². The van der Waals surface area contributed by atoms with E-state index in [9.17, 15) is 19.8 Å². The molecule has 9 atom stereocenters. The Morgan fingerprint density at radius 1 is 1.30 bits per heavy atom. The fourth-order valence-corrected chi connectivity index (χ4v) is 7.53. The van der Waals surface area contributed by atoms with Crippen molar-refractivity contribution in [3.8, 4) is 0 Å². The molecule has 7 unspecified atom stereocenters. The standard InChI is InChI=1S/C22H26F2O6/c1-19-4-3-11(26)5-14(19)15(23)6-13-12-7-18-22(17(28)9-25,30-10-29-18)20(12,2)8-16(27)21(13,19)24/h3-5,12-13,15-16,18,25,27H,6-10H2,1-2H3/t12?,13?,15-,16?,18?,19?,20?,21-,22?/m0/s1. The first-order valence-electron chi connectivity index (χ1n) is 10.4. The Balaban J connectivity index is 1.66. The van der Waals surface area contributed by atoms with E-state index in [0.717, 1.165) is 6.08 Å². The van der Waals surface area contributed by atoms with Crippen LogP contribution in [0.25, 0.3) is 0 Å². The maximum Gasteiger partial charge on any atom is 0.193 e. The second kappa shape index (κ2) is 6.06. The summed E-state index contributed by atoms with van der Waals surface area (Å²) in [6, 6.07) is 0. The molecule has 30 heavy (non-hydrogen) atoms. The summed E-state index contributed by atoms with van der Waals surface area (Å²) in [5.74, 6) is -2.38. The smallest absolute Gasteiger partial charge is 0.193 e. The third kappa shape index (κ3) is 2.02. The number of aliphatic hydroxyl groups is 2. The molecule has 4 fully saturated rings. The highest BCUT2D eigenvalue weighted by atomic mass is 19.1. The van der Waals surface area contributed by atoms with Crippen LogP contribution in [-0.2, 0) is 19.1 Å². The lowest BCUT2D eigenvalue weighted by Gasteiger charge is -2.63. The molecule has 6 nitrogen and oxygen atoms in total. The molecule has 3 saturated carbocycles. The van der Waals surface area contributed by atoms with Crippen molar-refractivity contribution in [3.63, 3.8) is 0 Å². The van der Waals surface area contributed by atoms with E-state index in [1.165, 1.54) is 19.1 Å². The normalized spacial score (nSPS) is 54.1. The Morgan fingerprint density at radius 3 is 2.73 bits per heavy atom. The Labute approximate surface area is 172 Å². The lowest BCUT2D eigenvalue weighted by molar-refractivity contribution is -0.226. The lowest BCUT2D eigenvalue weighted by Crippen LogP contribution is -2.70. The Kier molecular flexibility index (Phi) is 4.12. The molecule has 1 aliphatic heterocycles. The minimum Gasteiger partial charge on any atom is -0.390 e. The largest absolute Gasteiger partial charge is 0.390 e. The number of allylic oxidation sites excluding steroid dienone is 4. The van der Waals surface area contributed by atoms with Crippen LogP contribution in [0.1, 0.15) is 33.1 Å². The summed E-state index contributed by atoms with van der Waals surface area (Å²) in [5, 5.41) is 20.8. The SMILES string of the molecule is CC12CC(O)[C@@]3(F)C(C[C@H](F)C4=CC(=O)C=CC43C)C1CC1OCOC12C(=O)CO. The van der Waals surface area contributed by atoms with E-state index < -0.39 is 70.5 Å². The van der Waals surface area contributed by atoms with Crippen molar-refractivity contribution in [3.05, 3.63) is 23.8 Å². The molecular weight excluding hydrogens is 398 g/mol. The number of fused-ring (bicyclic) bond motifs is 7. The van der Waals surface area contributed by atoms with Gasteiger partial charge in [-0.1, -0.05) is 13.0 Å². The maximum absolute atomic E-state index is 17.0. The van der Waals surface area contributed by atoms with Gasteiger partial charge in [-0.2, -0.15) is 0 Å². The summed E-state index contributed by atoms with van der Waals surface area (Å²) in [6.45, 7) is 2.40. The van der Waals surface area contributed by atoms with Gasteiger partial charge in [0.15, 0.2) is 22.8 Å². The number of halogens is 2. The van der Waals surface area contributed by atoms with Gasteiger partial charge in [-0.3, -0.25) is 9.59 Å². The van der Waals surface area contributed by atoms with Crippen molar-refractivity contribution in [1.82, 2.24) is 0 Å². The van der Waals surface area contributed by atoms with E-state index in [0.29, 0.717) is 0 Å². The number of aliphatic hydroxyl groups excluding tert-OH is 2. The summed E-state index contributed by atoms with van der Waals surface area (Å²) in [5.41, 5.74) is -6.15. The number of ether oxygens (including phenoxy) is 2. The summed E-state index contributed by atoms with van der Waals surface area (Å²) in [4.78, 5) is 24.7. The Morgan fingerprint density at radius 2 is 2.03 bits per heavy atom. The van der Waals surface area contributed by atoms with Crippen molar-refractivity contribution in [1.29, 1.82) is 0 Å². The second-order valence-corrected chi connectivity index (χ2v) is 9.83. The fraction of sp³-hybridized carbons (Fsp3) is 0.727. The van der Waals surface area contributed by atoms with E-state index in [1.54, 1.807) is 6.92 Å². The first-order valence-corrected chi connectivity index (χ1v) is 10.4. The van der Waals surface area contributed by atoms with Gasteiger partial charge >= 0.3 is 0 Å². The van der Waals surface area contributed by atoms with Crippen molar-refractivity contribution >= 4 is 11.6 Å². The van der Waals surface area contributed by atoms with Gasteiger partial charge in [-0.05, 0) is 49.8 Å². The zero-order chi connectivity index (χ0) is 21.7. The van der Waals surface area contributed by atoms with Crippen LogP contribution in [0.5, 0.6) is 0 Å². The third-order valence-electron chi connectivity index (χ3n) is 8.90. The third-order valence-corrected chi connectivity index (χ3v) is 8.90. The maximum atomic E-state index is 17.0. The molecule has 0 spiro atoms. The zero-order valence-electron chi connectivity index (χ0n) is 16.9. The first-order chi connectivity index (χ1) is 14.1. The van der Waals surface area contributed by atoms with E-state index >= 15 is 8.78 Å². The van der Waals surface area contributed by atoms with Crippen LogP contribution >= 0.6 is 0 Å². The molecule has 4 aliphatic carbocycles. The monoisotopic (exact) mass is 424 g/mol. The molecule has 0 aromatic rings. The van der Waals surface area contributed by atoms with E-state index in [-0.39, 0.29) is 31.6 Å². The summed E-state index contributed by atoms with van der Waals surface area (Å²) in [6.07, 6.45) is -0.0182. The molecule has 1 heterocycles. The number of ketones is 2. The summed E-state index contributed by atoms with van der Waals surface area (Å²) >= 11 is 0. The molecule has 0 amide bonds. The van der Waals surface area contributed by atoms with Crippen molar-refractivity contribution in [2.75, 3.05) is 13.4 Å². The highest BCUT2D eigenvalue weighted by molar-refractivity contribution is 6.01. The van der Waals surface area contributed by atoms with Crippen molar-refractivity contribution in [2.24, 2.45) is 22.7 Å². The van der Waals surface area contributed by atoms with E-state index in [2.05, 4.69) is 0 Å². The Hall–Kier alpha value is -1.48. The number of rotatable bonds is 2. The van der Waals surface area contributed by atoms with Crippen molar-refractivity contribution < 1.29 is 38.1 Å². The van der Waals surface area contributed by atoms with Crippen LogP contribution in [0.2, 0.25) is 0 Å². The highest BCUT2D eigenvalue weighted by Crippen LogP contribution is 2.71. The molecule has 5 rings (SSSR count). The van der Waals surface area contributed by atoms with Gasteiger partial charge in [0, 0.05) is 16.7 Å². The minimum atomic E-state index is -2.22. The number of carbonyl (C=O) groups excluding carboxylic acids is 2. The van der Waals surface area contributed by atoms with Crippen molar-refractivity contribution in [2.45, 2.75) is 62.8 Å². The van der Waals surface area contributed by atoms with Gasteiger partial charge in [0.2, 0.25) is 0 Å². The van der Waals surface area contributed by atoms with Gasteiger partial charge in [0.1, 0.15) is 19.6 Å². The fourth-order valence-electron chi connectivity index (χ4n) is 7.53. The molecule has 8 heteroatoms. The minimum absolute atomic E-state index is 0.0586. The quantitative estimate of drug-likeness (QED) is 0.700. The highest BCUT2D eigenvalue weighted by Gasteiger charge is 2.79. The van der Waals surface area contributed by atoms with Gasteiger partial charge < -0.3 is 19.7 Å². The zero-order valence-corrected chi connectivity index (χ0v) is 16.9. The van der Waals surface area contributed by atoms with Gasteiger partial charge in [-0.25, -0.2) is 8.78 Å². The number of carbonyl (C=O) groups is 2. The molecule has 0 bridgehead atoms. The van der Waals surface area contributed by atoms with Crippen LogP contribution in [0.4, 0.5) is 8.78 Å². The number of hydrogen-bond acceptors (Lipinski definition) is 6. The molecule has 5 aliphatic rings. The van der Waals surface area contributed by atoms with Crippen LogP contribution in [0.15, 0.2) is 23.8 Å².